The maximum atomic E-state index is 13.2. The molecule has 0 N–H and O–H groups in total. The Bertz CT molecular complexity index is 1210. The van der Waals surface area contributed by atoms with Crippen molar-refractivity contribution in [3.63, 3.8) is 0 Å². The molecule has 32 heavy (non-hydrogen) atoms. The fourth-order valence-corrected chi connectivity index (χ4v) is 5.74. The molecule has 0 aliphatic carbocycles. The van der Waals surface area contributed by atoms with Gasteiger partial charge in [-0.1, -0.05) is 29.0 Å². The molecule has 0 unspecified atom stereocenters. The number of thiazole rings is 1. The highest BCUT2D eigenvalue weighted by Crippen LogP contribution is 2.32. The van der Waals surface area contributed by atoms with Crippen LogP contribution in [0.4, 0.5) is 5.13 Å². The predicted molar refractivity (Wildman–Crippen MR) is 133 cm³/mol. The number of rotatable bonds is 9. The van der Waals surface area contributed by atoms with Crippen LogP contribution in [0.15, 0.2) is 41.3 Å². The van der Waals surface area contributed by atoms with Gasteiger partial charge in [-0.25, -0.2) is 13.4 Å². The van der Waals surface area contributed by atoms with Crippen molar-refractivity contribution in [2.24, 2.45) is 0 Å². The molecule has 0 aliphatic rings. The lowest BCUT2D eigenvalue weighted by atomic mass is 10.1. The van der Waals surface area contributed by atoms with Crippen molar-refractivity contribution in [2.45, 2.75) is 31.6 Å². The Balaban J connectivity index is 1.82. The van der Waals surface area contributed by atoms with Crippen LogP contribution in [0.25, 0.3) is 10.2 Å². The molecule has 6 nitrogen and oxygen atoms in total. The molecule has 0 fully saturated rings. The van der Waals surface area contributed by atoms with Crippen molar-refractivity contribution >= 4 is 54.0 Å². The number of aryl methyl sites for hydroxylation is 2. The molecule has 1 amide bonds. The minimum absolute atomic E-state index is 0.110. The highest BCUT2D eigenvalue weighted by Gasteiger charge is 2.23. The number of hydrogen-bond donors (Lipinski definition) is 0. The lowest BCUT2D eigenvalue weighted by molar-refractivity contribution is -0.118. The molecule has 3 rings (SSSR count). The molecule has 0 aliphatic heterocycles. The number of aromatic nitrogens is 1. The lowest BCUT2D eigenvalue weighted by Gasteiger charge is -2.21. The van der Waals surface area contributed by atoms with Crippen molar-refractivity contribution in [2.75, 3.05) is 37.8 Å². The monoisotopic (exact) mass is 493 g/mol. The highest BCUT2D eigenvalue weighted by molar-refractivity contribution is 7.91. The summed E-state index contributed by atoms with van der Waals surface area (Å²) in [6.45, 7) is 5.36. The molecule has 0 atom stereocenters. The standard InChI is InChI=1S/C23H28ClN3O3S2/c1-16-6-11-20-22(17(16)2)25-23(31-20)27(14-5-13-26(3)4)21(28)12-15-32(29,30)19-9-7-18(24)8-10-19/h6-11H,5,12-15H2,1-4H3. The molecule has 0 saturated heterocycles. The second kappa shape index (κ2) is 10.3. The van der Waals surface area contributed by atoms with Gasteiger partial charge in [-0.3, -0.25) is 9.69 Å². The van der Waals surface area contributed by atoms with Crippen molar-refractivity contribution < 1.29 is 13.2 Å². The fraction of sp³-hybridized carbons (Fsp3) is 0.391. The van der Waals surface area contributed by atoms with Crippen molar-refractivity contribution in [1.29, 1.82) is 0 Å². The van der Waals surface area contributed by atoms with Crippen LogP contribution in [-0.2, 0) is 14.6 Å². The van der Waals surface area contributed by atoms with E-state index < -0.39 is 9.84 Å². The summed E-state index contributed by atoms with van der Waals surface area (Å²) in [7, 11) is 0.372. The van der Waals surface area contributed by atoms with E-state index in [2.05, 4.69) is 11.0 Å². The Hall–Kier alpha value is -2.00. The van der Waals surface area contributed by atoms with E-state index >= 15 is 0 Å². The average molecular weight is 494 g/mol. The Morgan fingerprint density at radius 1 is 1.06 bits per heavy atom. The second-order valence-corrected chi connectivity index (χ2v) is 11.6. The Morgan fingerprint density at radius 2 is 1.75 bits per heavy atom. The van der Waals surface area contributed by atoms with Gasteiger partial charge < -0.3 is 4.90 Å². The molecule has 1 heterocycles. The summed E-state index contributed by atoms with van der Waals surface area (Å²) in [5, 5.41) is 1.08. The number of carbonyl (C=O) groups excluding carboxylic acids is 1. The van der Waals surface area contributed by atoms with E-state index in [9.17, 15) is 13.2 Å². The number of halogens is 1. The normalized spacial score (nSPS) is 11.9. The third-order valence-corrected chi connectivity index (χ3v) is 8.38. The minimum Gasteiger partial charge on any atom is -0.309 e. The minimum atomic E-state index is -3.59. The van der Waals surface area contributed by atoms with Crippen molar-refractivity contribution in [3.05, 3.63) is 52.5 Å². The molecular weight excluding hydrogens is 466 g/mol. The van der Waals surface area contributed by atoms with E-state index in [0.717, 1.165) is 34.3 Å². The number of nitrogens with zero attached hydrogens (tertiary/aromatic N) is 3. The lowest BCUT2D eigenvalue weighted by Crippen LogP contribution is -2.34. The Labute approximate surface area is 198 Å². The fourth-order valence-electron chi connectivity index (χ4n) is 3.32. The number of hydrogen-bond acceptors (Lipinski definition) is 6. The number of sulfone groups is 1. The molecule has 1 aromatic heterocycles. The van der Waals surface area contributed by atoms with Crippen LogP contribution in [0.2, 0.25) is 5.02 Å². The van der Waals surface area contributed by atoms with Crippen LogP contribution < -0.4 is 4.90 Å². The highest BCUT2D eigenvalue weighted by atomic mass is 35.5. The Morgan fingerprint density at radius 3 is 2.41 bits per heavy atom. The van der Waals surface area contributed by atoms with E-state index in [-0.39, 0.29) is 23.0 Å². The molecular formula is C23H28ClN3O3S2. The van der Waals surface area contributed by atoms with Gasteiger partial charge in [0.15, 0.2) is 15.0 Å². The van der Waals surface area contributed by atoms with Gasteiger partial charge in [0.1, 0.15) is 0 Å². The largest absolute Gasteiger partial charge is 0.309 e. The number of anilines is 1. The van der Waals surface area contributed by atoms with Crippen LogP contribution in [-0.4, -0.2) is 57.1 Å². The number of fused-ring (bicyclic) bond motifs is 1. The maximum absolute atomic E-state index is 13.2. The molecule has 0 radical (unpaired) electrons. The van der Waals surface area contributed by atoms with Gasteiger partial charge in [-0.15, -0.1) is 0 Å². The van der Waals surface area contributed by atoms with Crippen LogP contribution >= 0.6 is 22.9 Å². The number of benzene rings is 2. The van der Waals surface area contributed by atoms with E-state index in [0.29, 0.717) is 16.7 Å². The third kappa shape index (κ3) is 5.86. The summed E-state index contributed by atoms with van der Waals surface area (Å²) < 4.78 is 26.4. The zero-order valence-corrected chi connectivity index (χ0v) is 21.1. The topological polar surface area (TPSA) is 70.6 Å². The molecule has 2 aromatic carbocycles. The Kier molecular flexibility index (Phi) is 7.92. The smallest absolute Gasteiger partial charge is 0.229 e. The van der Waals surface area contributed by atoms with Crippen LogP contribution in [0.3, 0.4) is 0 Å². The number of amides is 1. The first kappa shape index (κ1) is 24.6. The average Bonchev–Trinajstić information content (AvgIpc) is 3.17. The summed E-state index contributed by atoms with van der Waals surface area (Å²) in [5.74, 6) is -0.504. The SMILES string of the molecule is Cc1ccc2sc(N(CCCN(C)C)C(=O)CCS(=O)(=O)c3ccc(Cl)cc3)nc2c1C. The summed E-state index contributed by atoms with van der Waals surface area (Å²) in [4.78, 5) is 21.8. The molecule has 0 bridgehead atoms. The first-order valence-corrected chi connectivity index (χ1v) is 13.2. The van der Waals surface area contributed by atoms with E-state index in [1.54, 1.807) is 4.90 Å². The number of carbonyl (C=O) groups is 1. The van der Waals surface area contributed by atoms with E-state index in [1.165, 1.54) is 35.6 Å². The van der Waals surface area contributed by atoms with Gasteiger partial charge in [0.05, 0.1) is 20.9 Å². The molecule has 0 saturated carbocycles. The zero-order valence-electron chi connectivity index (χ0n) is 18.8. The maximum Gasteiger partial charge on any atom is 0.229 e. The molecule has 3 aromatic rings. The summed E-state index contributed by atoms with van der Waals surface area (Å²) in [5.41, 5.74) is 3.13. The first-order chi connectivity index (χ1) is 15.1. The third-order valence-electron chi connectivity index (χ3n) is 5.35. The summed E-state index contributed by atoms with van der Waals surface area (Å²) >= 11 is 7.32. The van der Waals surface area contributed by atoms with Gasteiger partial charge in [0.2, 0.25) is 5.91 Å². The quantitative estimate of drug-likeness (QED) is 0.431. The van der Waals surface area contributed by atoms with Crippen molar-refractivity contribution in [1.82, 2.24) is 9.88 Å². The van der Waals surface area contributed by atoms with Gasteiger partial charge >= 0.3 is 0 Å². The van der Waals surface area contributed by atoms with Gasteiger partial charge in [0, 0.05) is 18.0 Å². The predicted octanol–water partition coefficient (Wildman–Crippen LogP) is 4.72. The zero-order chi connectivity index (χ0) is 23.5. The molecule has 172 valence electrons. The summed E-state index contributed by atoms with van der Waals surface area (Å²) in [6.07, 6.45) is 0.650. The second-order valence-electron chi connectivity index (χ2n) is 8.08. The molecule has 0 spiro atoms. The van der Waals surface area contributed by atoms with E-state index in [4.69, 9.17) is 16.6 Å². The summed E-state index contributed by atoms with van der Waals surface area (Å²) in [6, 6.07) is 10.1. The first-order valence-electron chi connectivity index (χ1n) is 10.4. The van der Waals surface area contributed by atoms with Crippen LogP contribution in [0.1, 0.15) is 24.0 Å². The van der Waals surface area contributed by atoms with Crippen LogP contribution in [0, 0.1) is 13.8 Å². The molecule has 9 heteroatoms. The van der Waals surface area contributed by atoms with Gasteiger partial charge in [-0.05, 0) is 82.4 Å². The van der Waals surface area contributed by atoms with Crippen LogP contribution in [0.5, 0.6) is 0 Å². The van der Waals surface area contributed by atoms with Crippen molar-refractivity contribution in [3.8, 4) is 0 Å². The van der Waals surface area contributed by atoms with E-state index in [1.807, 2.05) is 34.0 Å². The van der Waals surface area contributed by atoms with Gasteiger partial charge in [0.25, 0.3) is 0 Å². The van der Waals surface area contributed by atoms with Gasteiger partial charge in [-0.2, -0.15) is 0 Å².